The fourth-order valence-corrected chi connectivity index (χ4v) is 3.92. The van der Waals surface area contributed by atoms with Crippen molar-refractivity contribution in [3.63, 3.8) is 0 Å². The summed E-state index contributed by atoms with van der Waals surface area (Å²) < 4.78 is 11.5. The minimum Gasteiger partial charge on any atom is -0.465 e. The maximum absolute atomic E-state index is 13.0. The van der Waals surface area contributed by atoms with Gasteiger partial charge in [0.25, 0.3) is 0 Å². The fraction of sp³-hybridized carbons (Fsp3) is 0.571. The second kappa shape index (κ2) is 8.02. The van der Waals surface area contributed by atoms with Crippen molar-refractivity contribution in [2.45, 2.75) is 58.7 Å². The van der Waals surface area contributed by atoms with Gasteiger partial charge in [-0.25, -0.2) is 4.98 Å². The van der Waals surface area contributed by atoms with Gasteiger partial charge in [-0.15, -0.1) is 0 Å². The molecule has 1 fully saturated rings. The van der Waals surface area contributed by atoms with Crippen molar-refractivity contribution in [1.82, 2.24) is 20.1 Å². The zero-order chi connectivity index (χ0) is 20.5. The Labute approximate surface area is 170 Å². The van der Waals surface area contributed by atoms with Gasteiger partial charge in [-0.2, -0.15) is 0 Å². The Morgan fingerprint density at radius 1 is 1.31 bits per heavy atom. The first-order valence-electron chi connectivity index (χ1n) is 10.2. The maximum atomic E-state index is 13.0. The highest BCUT2D eigenvalue weighted by Gasteiger charge is 2.35. The number of carbonyl (C=O) groups is 2. The molecule has 1 saturated heterocycles. The van der Waals surface area contributed by atoms with E-state index in [9.17, 15) is 9.59 Å². The van der Waals surface area contributed by atoms with E-state index in [-0.39, 0.29) is 24.2 Å². The zero-order valence-corrected chi connectivity index (χ0v) is 17.2. The van der Waals surface area contributed by atoms with Gasteiger partial charge in [-0.05, 0) is 19.1 Å². The normalized spacial score (nSPS) is 20.1. The van der Waals surface area contributed by atoms with Crippen molar-refractivity contribution in [3.8, 4) is 0 Å². The van der Waals surface area contributed by atoms with Gasteiger partial charge in [-0.1, -0.05) is 13.8 Å². The largest absolute Gasteiger partial charge is 0.465 e. The predicted octanol–water partition coefficient (Wildman–Crippen LogP) is 1.97. The molecule has 0 radical (unpaired) electrons. The average molecular weight is 400 g/mol. The molecule has 8 nitrogen and oxygen atoms in total. The Kier molecular flexibility index (Phi) is 5.45. The molecular weight excluding hydrogens is 372 g/mol. The lowest BCUT2D eigenvalue weighted by Gasteiger charge is -2.35. The molecule has 4 heterocycles. The van der Waals surface area contributed by atoms with Crippen LogP contribution in [0.1, 0.15) is 55.1 Å². The maximum Gasteiger partial charge on any atom is 0.237 e. The molecule has 1 atom stereocenters. The minimum absolute atomic E-state index is 0.0348. The molecule has 0 bridgehead atoms. The van der Waals surface area contributed by atoms with Crippen LogP contribution in [0.5, 0.6) is 0 Å². The number of rotatable bonds is 5. The van der Waals surface area contributed by atoms with E-state index in [0.29, 0.717) is 39.1 Å². The number of furan rings is 1. The van der Waals surface area contributed by atoms with E-state index in [1.165, 1.54) is 0 Å². The standard InChI is InChI=1S/C21H28N4O4/c1-13(2)21-23-16-12-25(8-6-18(16)29-21)19(26)10-17-20(27)22-7-9-24(17)11-15-5-4-14(3)28-15/h4-5,13,17H,6-12H2,1-3H3,(H,22,27). The van der Waals surface area contributed by atoms with Crippen molar-refractivity contribution >= 4 is 11.8 Å². The van der Waals surface area contributed by atoms with E-state index >= 15 is 0 Å². The summed E-state index contributed by atoms with van der Waals surface area (Å²) in [5.41, 5.74) is 0.837. The van der Waals surface area contributed by atoms with Crippen molar-refractivity contribution < 1.29 is 18.4 Å². The first-order valence-corrected chi connectivity index (χ1v) is 10.2. The van der Waals surface area contributed by atoms with Crippen LogP contribution >= 0.6 is 0 Å². The van der Waals surface area contributed by atoms with Gasteiger partial charge in [0.15, 0.2) is 5.89 Å². The van der Waals surface area contributed by atoms with Crippen LogP contribution in [0.2, 0.25) is 0 Å². The van der Waals surface area contributed by atoms with E-state index in [4.69, 9.17) is 8.83 Å². The van der Waals surface area contributed by atoms with Gasteiger partial charge in [0.2, 0.25) is 11.8 Å². The number of fused-ring (bicyclic) bond motifs is 1. The first kappa shape index (κ1) is 19.7. The number of piperazine rings is 1. The number of hydrogen-bond acceptors (Lipinski definition) is 6. The molecule has 2 aromatic rings. The molecular formula is C21H28N4O4. The van der Waals surface area contributed by atoms with Crippen LogP contribution in [0.3, 0.4) is 0 Å². The predicted molar refractivity (Wildman–Crippen MR) is 105 cm³/mol. The SMILES string of the molecule is Cc1ccc(CN2CCNC(=O)C2CC(=O)N2CCc3oc(C(C)C)nc3C2)o1. The summed E-state index contributed by atoms with van der Waals surface area (Å²) in [7, 11) is 0. The van der Waals surface area contributed by atoms with Crippen LogP contribution in [0.25, 0.3) is 0 Å². The summed E-state index contributed by atoms with van der Waals surface area (Å²) in [6.45, 7) is 8.78. The Morgan fingerprint density at radius 2 is 2.14 bits per heavy atom. The molecule has 1 N–H and O–H groups in total. The third-order valence-corrected chi connectivity index (χ3v) is 5.56. The van der Waals surface area contributed by atoms with Crippen LogP contribution in [0.15, 0.2) is 21.0 Å². The molecule has 2 aromatic heterocycles. The minimum atomic E-state index is -0.494. The molecule has 0 spiro atoms. The number of amides is 2. The second-order valence-corrected chi connectivity index (χ2v) is 8.14. The molecule has 29 heavy (non-hydrogen) atoms. The highest BCUT2D eigenvalue weighted by atomic mass is 16.4. The third-order valence-electron chi connectivity index (χ3n) is 5.56. The molecule has 0 saturated carbocycles. The Morgan fingerprint density at radius 3 is 2.86 bits per heavy atom. The Hall–Kier alpha value is -2.61. The van der Waals surface area contributed by atoms with Gasteiger partial charge in [0.05, 0.1) is 25.6 Å². The van der Waals surface area contributed by atoms with Crippen molar-refractivity contribution in [3.05, 3.63) is 41.0 Å². The number of hydrogen-bond donors (Lipinski definition) is 1. The highest BCUT2D eigenvalue weighted by molar-refractivity contribution is 5.88. The lowest BCUT2D eigenvalue weighted by molar-refractivity contribution is -0.139. The van der Waals surface area contributed by atoms with Gasteiger partial charge in [0, 0.05) is 32.0 Å². The monoisotopic (exact) mass is 400 g/mol. The number of aryl methyl sites for hydroxylation is 1. The van der Waals surface area contributed by atoms with Crippen molar-refractivity contribution in [2.75, 3.05) is 19.6 Å². The first-order chi connectivity index (χ1) is 13.9. The molecule has 2 aliphatic rings. The summed E-state index contributed by atoms with van der Waals surface area (Å²) in [6, 6.07) is 3.34. The number of carbonyl (C=O) groups excluding carboxylic acids is 2. The molecule has 4 rings (SSSR count). The summed E-state index contributed by atoms with van der Waals surface area (Å²) in [5, 5.41) is 2.88. The molecule has 2 aliphatic heterocycles. The zero-order valence-electron chi connectivity index (χ0n) is 17.2. The number of nitrogens with one attached hydrogen (secondary N) is 1. The van der Waals surface area contributed by atoms with Crippen LogP contribution in [-0.2, 0) is 29.1 Å². The molecule has 156 valence electrons. The van der Waals surface area contributed by atoms with E-state index < -0.39 is 6.04 Å². The summed E-state index contributed by atoms with van der Waals surface area (Å²) in [4.78, 5) is 33.9. The van der Waals surface area contributed by atoms with Crippen molar-refractivity contribution in [2.24, 2.45) is 0 Å². The van der Waals surface area contributed by atoms with Gasteiger partial charge in [-0.3, -0.25) is 14.5 Å². The molecule has 0 aromatic carbocycles. The highest BCUT2D eigenvalue weighted by Crippen LogP contribution is 2.25. The molecule has 1 unspecified atom stereocenters. The number of aromatic nitrogens is 1. The van der Waals surface area contributed by atoms with E-state index in [1.807, 2.05) is 37.8 Å². The smallest absolute Gasteiger partial charge is 0.237 e. The summed E-state index contributed by atoms with van der Waals surface area (Å²) >= 11 is 0. The van der Waals surface area contributed by atoms with Crippen LogP contribution in [0, 0.1) is 6.92 Å². The van der Waals surface area contributed by atoms with Gasteiger partial charge < -0.3 is 19.1 Å². The van der Waals surface area contributed by atoms with Crippen molar-refractivity contribution in [1.29, 1.82) is 0 Å². The summed E-state index contributed by atoms with van der Waals surface area (Å²) in [6.07, 6.45) is 0.808. The van der Waals surface area contributed by atoms with E-state index in [0.717, 1.165) is 28.9 Å². The summed E-state index contributed by atoms with van der Waals surface area (Å²) in [5.74, 6) is 3.32. The topological polar surface area (TPSA) is 91.8 Å². The van der Waals surface area contributed by atoms with Crippen LogP contribution < -0.4 is 5.32 Å². The van der Waals surface area contributed by atoms with Gasteiger partial charge >= 0.3 is 0 Å². The lowest BCUT2D eigenvalue weighted by atomic mass is 10.1. The third kappa shape index (κ3) is 4.22. The molecule has 0 aliphatic carbocycles. The Balaban J connectivity index is 1.43. The number of oxazole rings is 1. The lowest BCUT2D eigenvalue weighted by Crippen LogP contribution is -2.56. The Bertz CT molecular complexity index is 900. The average Bonchev–Trinajstić information content (AvgIpc) is 3.29. The van der Waals surface area contributed by atoms with E-state index in [2.05, 4.69) is 10.3 Å². The van der Waals surface area contributed by atoms with Crippen LogP contribution in [-0.4, -0.2) is 52.3 Å². The van der Waals surface area contributed by atoms with Gasteiger partial charge in [0.1, 0.15) is 23.0 Å². The second-order valence-electron chi connectivity index (χ2n) is 8.14. The quantitative estimate of drug-likeness (QED) is 0.825. The molecule has 2 amide bonds. The molecule has 8 heteroatoms. The van der Waals surface area contributed by atoms with E-state index in [1.54, 1.807) is 4.90 Å². The van der Waals surface area contributed by atoms with Crippen LogP contribution in [0.4, 0.5) is 0 Å². The fourth-order valence-electron chi connectivity index (χ4n) is 3.92. The number of nitrogens with zero attached hydrogens (tertiary/aromatic N) is 3.